The molecule has 0 spiro atoms. The highest BCUT2D eigenvalue weighted by molar-refractivity contribution is 6.11. The van der Waals surface area contributed by atoms with E-state index in [-0.39, 0.29) is 29.1 Å². The predicted octanol–water partition coefficient (Wildman–Crippen LogP) is 6.60. The third-order valence-electron chi connectivity index (χ3n) is 7.18. The molecule has 0 saturated heterocycles. The minimum Gasteiger partial charge on any atom is -0.427 e. The molecule has 0 N–H and O–H groups in total. The molecule has 0 saturated carbocycles. The number of non-ortho nitro benzene ring substituents is 1. The van der Waals surface area contributed by atoms with Crippen LogP contribution in [-0.4, -0.2) is 23.0 Å². The molecule has 4 aromatic rings. The van der Waals surface area contributed by atoms with Gasteiger partial charge in [0.1, 0.15) is 11.2 Å². The third-order valence-corrected chi connectivity index (χ3v) is 7.18. The molecule has 0 fully saturated rings. The molecule has 208 valence electrons. The van der Waals surface area contributed by atoms with Crippen molar-refractivity contribution in [3.8, 4) is 5.75 Å². The normalized spacial score (nSPS) is 17.1. The number of benzene rings is 4. The van der Waals surface area contributed by atoms with Crippen molar-refractivity contribution in [2.75, 3.05) is 4.90 Å². The second-order valence-corrected chi connectivity index (χ2v) is 9.59. The number of esters is 1. The van der Waals surface area contributed by atoms with Crippen molar-refractivity contribution in [2.45, 2.75) is 24.6 Å². The minimum absolute atomic E-state index is 0.0308. The molecule has 1 aliphatic rings. The van der Waals surface area contributed by atoms with Crippen LogP contribution in [0.15, 0.2) is 109 Å². The average Bonchev–Trinajstić information content (AvgIpc) is 3.20. The van der Waals surface area contributed by atoms with Gasteiger partial charge in [0.15, 0.2) is 0 Å². The Balaban J connectivity index is 1.61. The van der Waals surface area contributed by atoms with Crippen molar-refractivity contribution >= 4 is 23.3 Å². The number of rotatable bonds is 8. The fourth-order valence-corrected chi connectivity index (χ4v) is 5.41. The fourth-order valence-electron chi connectivity index (χ4n) is 5.41. The van der Waals surface area contributed by atoms with Gasteiger partial charge in [-0.15, -0.1) is 0 Å². The molecule has 1 heterocycles. The molecule has 0 bridgehead atoms. The van der Waals surface area contributed by atoms with Gasteiger partial charge < -0.3 is 9.64 Å². The highest BCUT2D eigenvalue weighted by Crippen LogP contribution is 2.56. The standard InChI is InChI=1S/C31H23F3N2O5/c32-31(33,34)27(19-28(37)41-24-17-15-23(16-18-24)36(39)40)30(22-11-5-2-6-12-22)25-13-7-8-14-26(25)35(29(30)38)20-21-9-3-1-4-10-21/h1-18,27H,19-20H2/t27-,30+/m0/s1. The van der Waals surface area contributed by atoms with E-state index < -0.39 is 40.7 Å². The summed E-state index contributed by atoms with van der Waals surface area (Å²) in [5, 5.41) is 10.9. The number of amides is 1. The topological polar surface area (TPSA) is 89.8 Å². The molecular weight excluding hydrogens is 537 g/mol. The molecule has 0 aromatic heterocycles. The van der Waals surface area contributed by atoms with Crippen molar-refractivity contribution in [1.82, 2.24) is 0 Å². The average molecular weight is 561 g/mol. The zero-order chi connectivity index (χ0) is 29.2. The Hall–Kier alpha value is -4.99. The summed E-state index contributed by atoms with van der Waals surface area (Å²) in [5.41, 5.74) is -1.27. The first-order chi connectivity index (χ1) is 19.6. The van der Waals surface area contributed by atoms with Crippen molar-refractivity contribution < 1.29 is 32.4 Å². The first kappa shape index (κ1) is 27.6. The molecule has 0 radical (unpaired) electrons. The lowest BCUT2D eigenvalue weighted by atomic mass is 9.65. The van der Waals surface area contributed by atoms with Crippen LogP contribution in [0.1, 0.15) is 23.1 Å². The van der Waals surface area contributed by atoms with Crippen molar-refractivity contribution in [3.63, 3.8) is 0 Å². The quantitative estimate of drug-likeness (QED) is 0.105. The molecule has 4 aromatic carbocycles. The Morgan fingerprint density at radius 1 is 0.878 bits per heavy atom. The second-order valence-electron chi connectivity index (χ2n) is 9.59. The van der Waals surface area contributed by atoms with Gasteiger partial charge in [-0.2, -0.15) is 13.2 Å². The van der Waals surface area contributed by atoms with Gasteiger partial charge in [-0.25, -0.2) is 0 Å². The van der Waals surface area contributed by atoms with E-state index in [1.807, 2.05) is 0 Å². The Labute approximate surface area is 232 Å². The Bertz CT molecular complexity index is 1580. The van der Waals surface area contributed by atoms with Crippen molar-refractivity contribution in [2.24, 2.45) is 5.92 Å². The van der Waals surface area contributed by atoms with Gasteiger partial charge in [-0.05, 0) is 34.9 Å². The van der Waals surface area contributed by atoms with Gasteiger partial charge in [0, 0.05) is 17.8 Å². The van der Waals surface area contributed by atoms with Gasteiger partial charge in [0.05, 0.1) is 23.8 Å². The van der Waals surface area contributed by atoms with Crippen LogP contribution >= 0.6 is 0 Å². The lowest BCUT2D eigenvalue weighted by Gasteiger charge is -2.38. The Morgan fingerprint density at radius 2 is 1.46 bits per heavy atom. The molecule has 41 heavy (non-hydrogen) atoms. The number of ether oxygens (including phenoxy) is 1. The van der Waals surface area contributed by atoms with E-state index in [1.54, 1.807) is 66.7 Å². The monoisotopic (exact) mass is 560 g/mol. The summed E-state index contributed by atoms with van der Waals surface area (Å²) < 4.78 is 50.5. The molecule has 7 nitrogen and oxygen atoms in total. The van der Waals surface area contributed by atoms with E-state index in [0.717, 1.165) is 29.8 Å². The number of para-hydroxylation sites is 1. The van der Waals surface area contributed by atoms with Crippen LogP contribution in [0.3, 0.4) is 0 Å². The summed E-state index contributed by atoms with van der Waals surface area (Å²) in [4.78, 5) is 39.1. The lowest BCUT2D eigenvalue weighted by molar-refractivity contribution is -0.384. The van der Waals surface area contributed by atoms with Gasteiger partial charge in [-0.1, -0.05) is 78.9 Å². The number of carbonyl (C=O) groups excluding carboxylic acids is 2. The van der Waals surface area contributed by atoms with Gasteiger partial charge >= 0.3 is 12.1 Å². The zero-order valence-corrected chi connectivity index (χ0v) is 21.5. The number of halogens is 3. The molecule has 2 atom stereocenters. The summed E-state index contributed by atoms with van der Waals surface area (Å²) in [6.07, 6.45) is -6.18. The van der Waals surface area contributed by atoms with Crippen molar-refractivity contribution in [1.29, 1.82) is 0 Å². The van der Waals surface area contributed by atoms with E-state index in [4.69, 9.17) is 4.74 Å². The van der Waals surface area contributed by atoms with Crippen LogP contribution in [0.25, 0.3) is 0 Å². The van der Waals surface area contributed by atoms with E-state index in [1.165, 1.54) is 23.1 Å². The predicted molar refractivity (Wildman–Crippen MR) is 144 cm³/mol. The van der Waals surface area contributed by atoms with Crippen LogP contribution in [0, 0.1) is 16.0 Å². The summed E-state index contributed by atoms with van der Waals surface area (Å²) in [5.74, 6) is -4.68. The highest BCUT2D eigenvalue weighted by Gasteiger charge is 2.64. The highest BCUT2D eigenvalue weighted by atomic mass is 19.4. The smallest absolute Gasteiger partial charge is 0.394 e. The van der Waals surface area contributed by atoms with Crippen molar-refractivity contribution in [3.05, 3.63) is 136 Å². The maximum atomic E-state index is 15.1. The van der Waals surface area contributed by atoms with Gasteiger partial charge in [0.25, 0.3) is 5.69 Å². The molecule has 0 unspecified atom stereocenters. The van der Waals surface area contributed by atoms with E-state index in [2.05, 4.69) is 0 Å². The number of nitrogens with zero attached hydrogens (tertiary/aromatic N) is 2. The van der Waals surface area contributed by atoms with Crippen LogP contribution < -0.4 is 9.64 Å². The molecule has 10 heteroatoms. The first-order valence-electron chi connectivity index (χ1n) is 12.6. The maximum absolute atomic E-state index is 15.1. The number of anilines is 1. The number of hydrogen-bond donors (Lipinski definition) is 0. The van der Waals surface area contributed by atoms with E-state index in [9.17, 15) is 19.7 Å². The van der Waals surface area contributed by atoms with Gasteiger partial charge in [0.2, 0.25) is 5.91 Å². The molecule has 1 aliphatic heterocycles. The minimum atomic E-state index is -5.00. The molecule has 1 amide bonds. The summed E-state index contributed by atoms with van der Waals surface area (Å²) in [7, 11) is 0. The van der Waals surface area contributed by atoms with Crippen LogP contribution in [0.2, 0.25) is 0 Å². The largest absolute Gasteiger partial charge is 0.427 e. The third kappa shape index (κ3) is 5.16. The van der Waals surface area contributed by atoms with Crippen LogP contribution in [0.5, 0.6) is 5.75 Å². The maximum Gasteiger partial charge on any atom is 0.394 e. The molecule has 5 rings (SSSR count). The summed E-state index contributed by atoms with van der Waals surface area (Å²) >= 11 is 0. The zero-order valence-electron chi connectivity index (χ0n) is 21.5. The number of carbonyl (C=O) groups is 2. The number of alkyl halides is 3. The number of hydrogen-bond acceptors (Lipinski definition) is 5. The Kier molecular flexibility index (Phi) is 7.32. The SMILES string of the molecule is O=C(C[C@H](C(F)(F)F)[C@]1(c2ccccc2)C(=O)N(Cc2ccccc2)c2ccccc21)Oc1ccc([N+](=O)[O-])cc1. The van der Waals surface area contributed by atoms with Crippen LogP contribution in [-0.2, 0) is 21.5 Å². The summed E-state index contributed by atoms with van der Waals surface area (Å²) in [6.45, 7) is 0.0308. The summed E-state index contributed by atoms with van der Waals surface area (Å²) in [6, 6.07) is 27.3. The van der Waals surface area contributed by atoms with Crippen LogP contribution in [0.4, 0.5) is 24.5 Å². The fraction of sp³-hybridized carbons (Fsp3) is 0.161. The van der Waals surface area contributed by atoms with Gasteiger partial charge in [-0.3, -0.25) is 19.7 Å². The second kappa shape index (κ2) is 10.9. The number of nitro benzene ring substituents is 1. The molecular formula is C31H23F3N2O5. The van der Waals surface area contributed by atoms with E-state index >= 15 is 13.2 Å². The Morgan fingerprint density at radius 3 is 2.07 bits per heavy atom. The number of fused-ring (bicyclic) bond motifs is 1. The lowest BCUT2D eigenvalue weighted by Crippen LogP contribution is -2.52. The van der Waals surface area contributed by atoms with E-state index in [0.29, 0.717) is 5.69 Å². The first-order valence-corrected chi connectivity index (χ1v) is 12.6. The molecule has 0 aliphatic carbocycles. The number of nitro groups is 1.